The second-order valence-corrected chi connectivity index (χ2v) is 10.4. The summed E-state index contributed by atoms with van der Waals surface area (Å²) in [7, 11) is 5.24. The van der Waals surface area contributed by atoms with Gasteiger partial charge < -0.3 is 35.9 Å². The largest absolute Gasteiger partial charge is 0.378 e. The number of pyridine rings is 1. The van der Waals surface area contributed by atoms with E-state index in [-0.39, 0.29) is 11.8 Å². The van der Waals surface area contributed by atoms with Gasteiger partial charge in [0.15, 0.2) is 11.6 Å². The third-order valence-corrected chi connectivity index (χ3v) is 7.10. The number of amides is 3. The lowest BCUT2D eigenvalue weighted by Crippen LogP contribution is -2.37. The molecule has 1 saturated heterocycles. The van der Waals surface area contributed by atoms with Gasteiger partial charge in [0, 0.05) is 74.6 Å². The van der Waals surface area contributed by atoms with Crippen molar-refractivity contribution < 1.29 is 14.3 Å². The first-order valence-corrected chi connectivity index (χ1v) is 14.0. The Morgan fingerprint density at radius 1 is 1.02 bits per heavy atom. The zero-order chi connectivity index (χ0) is 30.3. The number of benzene rings is 2. The summed E-state index contributed by atoms with van der Waals surface area (Å²) < 4.78 is 5.55. The van der Waals surface area contributed by atoms with Crippen molar-refractivity contribution in [3.8, 4) is 11.4 Å². The van der Waals surface area contributed by atoms with Crippen molar-refractivity contribution in [3.05, 3.63) is 71.9 Å². The van der Waals surface area contributed by atoms with Gasteiger partial charge in [0.1, 0.15) is 5.52 Å². The molecule has 2 aromatic heterocycles. The molecule has 0 radical (unpaired) electrons. The Balaban J connectivity index is 1.37. The molecule has 1 fully saturated rings. The number of carbonyl (C=O) groups excluding carboxylic acids is 2. The molecule has 2 aromatic carbocycles. The third-order valence-electron chi connectivity index (χ3n) is 7.10. The fraction of sp³-hybridized carbons (Fsp3) is 0.290. The molecule has 0 aliphatic carbocycles. The lowest BCUT2D eigenvalue weighted by molar-refractivity contribution is 0.0827. The number of nitrogens with one attached hydrogen (secondary N) is 4. The highest BCUT2D eigenvalue weighted by Crippen LogP contribution is 2.29. The quantitative estimate of drug-likeness (QED) is 0.218. The molecule has 4 N–H and O–H groups in total. The van der Waals surface area contributed by atoms with Crippen molar-refractivity contribution in [2.45, 2.75) is 5.92 Å². The lowest BCUT2D eigenvalue weighted by atomic mass is 10.0. The topological polar surface area (TPSA) is 148 Å². The number of aromatic nitrogens is 3. The van der Waals surface area contributed by atoms with Crippen molar-refractivity contribution in [2.75, 3.05) is 69.5 Å². The summed E-state index contributed by atoms with van der Waals surface area (Å²) in [5.74, 6) is 1.05. The minimum Gasteiger partial charge on any atom is -0.378 e. The molecule has 1 unspecified atom stereocenters. The van der Waals surface area contributed by atoms with Crippen molar-refractivity contribution in [1.82, 2.24) is 25.2 Å². The van der Waals surface area contributed by atoms with E-state index in [1.54, 1.807) is 56.7 Å². The molecule has 1 aliphatic rings. The Morgan fingerprint density at radius 3 is 2.28 bits per heavy atom. The molecule has 3 amide bonds. The van der Waals surface area contributed by atoms with E-state index in [9.17, 15) is 9.59 Å². The summed E-state index contributed by atoms with van der Waals surface area (Å²) in [5.41, 5.74) is 4.80. The van der Waals surface area contributed by atoms with Crippen LogP contribution in [0.25, 0.3) is 22.4 Å². The zero-order valence-corrected chi connectivity index (χ0v) is 24.4. The number of anilines is 3. The maximum absolute atomic E-state index is 12.6. The van der Waals surface area contributed by atoms with E-state index in [0.717, 1.165) is 16.9 Å². The average molecular weight is 582 g/mol. The average Bonchev–Trinajstić information content (AvgIpc) is 3.03. The highest BCUT2D eigenvalue weighted by atomic mass is 16.5. The van der Waals surface area contributed by atoms with Crippen LogP contribution in [0.5, 0.6) is 0 Å². The van der Waals surface area contributed by atoms with Gasteiger partial charge in [0.2, 0.25) is 0 Å². The van der Waals surface area contributed by atoms with E-state index < -0.39 is 6.03 Å². The summed E-state index contributed by atoms with van der Waals surface area (Å²) >= 11 is 0. The number of carbonyl (C=O) groups is 2. The second-order valence-electron chi connectivity index (χ2n) is 10.4. The molecule has 4 aromatic rings. The highest BCUT2D eigenvalue weighted by molar-refractivity contribution is 6.00. The Hall–Kier alpha value is -4.94. The fourth-order valence-electron chi connectivity index (χ4n) is 4.79. The van der Waals surface area contributed by atoms with Crippen LogP contribution in [0.4, 0.5) is 22.0 Å². The first-order chi connectivity index (χ1) is 20.9. The first-order valence-electron chi connectivity index (χ1n) is 14.0. The van der Waals surface area contributed by atoms with Crippen LogP contribution < -0.4 is 20.9 Å². The van der Waals surface area contributed by atoms with Gasteiger partial charge in [-0.15, -0.1) is 0 Å². The maximum atomic E-state index is 12.6. The molecule has 222 valence electrons. The Kier molecular flexibility index (Phi) is 9.18. The minimum atomic E-state index is -0.406. The summed E-state index contributed by atoms with van der Waals surface area (Å²) in [6.45, 7) is 3.24. The van der Waals surface area contributed by atoms with Crippen molar-refractivity contribution in [3.63, 3.8) is 0 Å². The number of morpholine rings is 1. The van der Waals surface area contributed by atoms with Crippen LogP contribution in [0.3, 0.4) is 0 Å². The van der Waals surface area contributed by atoms with Crippen LogP contribution in [0.15, 0.2) is 60.8 Å². The van der Waals surface area contributed by atoms with Crippen LogP contribution in [-0.4, -0.2) is 92.0 Å². The first kappa shape index (κ1) is 29.5. The molecule has 1 aliphatic heterocycles. The molecule has 12 heteroatoms. The summed E-state index contributed by atoms with van der Waals surface area (Å²) in [4.78, 5) is 42.9. The van der Waals surface area contributed by atoms with E-state index >= 15 is 0 Å². The van der Waals surface area contributed by atoms with Gasteiger partial charge >= 0.3 is 6.03 Å². The molecule has 5 rings (SSSR count). The van der Waals surface area contributed by atoms with E-state index in [1.165, 1.54) is 11.1 Å². The summed E-state index contributed by atoms with van der Waals surface area (Å²) in [5, 5.41) is 16.6. The van der Waals surface area contributed by atoms with Crippen molar-refractivity contribution >= 4 is 46.4 Å². The monoisotopic (exact) mass is 581 g/mol. The number of likely N-dealkylation sites (N-methyl/N-ethyl adjacent to an activating group) is 1. The number of fused-ring (bicyclic) bond motifs is 1. The fourth-order valence-corrected chi connectivity index (χ4v) is 4.79. The molecule has 0 saturated carbocycles. The number of ether oxygens (including phenoxy) is 1. The van der Waals surface area contributed by atoms with Gasteiger partial charge in [-0.1, -0.05) is 0 Å². The zero-order valence-electron chi connectivity index (χ0n) is 24.4. The Bertz CT molecular complexity index is 1600. The van der Waals surface area contributed by atoms with Crippen LogP contribution in [0.2, 0.25) is 0 Å². The smallest absolute Gasteiger partial charge is 0.323 e. The Labute approximate surface area is 250 Å². The van der Waals surface area contributed by atoms with Gasteiger partial charge in [0.05, 0.1) is 18.7 Å². The predicted molar refractivity (Wildman–Crippen MR) is 168 cm³/mol. The summed E-state index contributed by atoms with van der Waals surface area (Å²) in [6.07, 6.45) is 3.21. The van der Waals surface area contributed by atoms with E-state index in [1.807, 2.05) is 25.2 Å². The van der Waals surface area contributed by atoms with Crippen molar-refractivity contribution in [1.29, 1.82) is 5.41 Å². The molecular weight excluding hydrogens is 546 g/mol. The van der Waals surface area contributed by atoms with E-state index in [4.69, 9.17) is 25.1 Å². The lowest BCUT2D eigenvalue weighted by Gasteiger charge is -2.28. The van der Waals surface area contributed by atoms with Crippen LogP contribution >= 0.6 is 0 Å². The summed E-state index contributed by atoms with van der Waals surface area (Å²) in [6, 6.07) is 15.6. The van der Waals surface area contributed by atoms with Crippen molar-refractivity contribution in [2.24, 2.45) is 0 Å². The molecular formula is C31H35N9O3. The van der Waals surface area contributed by atoms with E-state index in [2.05, 4.69) is 20.9 Å². The van der Waals surface area contributed by atoms with Gasteiger partial charge in [-0.05, 0) is 67.2 Å². The second kappa shape index (κ2) is 13.4. The van der Waals surface area contributed by atoms with Crippen LogP contribution in [0.1, 0.15) is 21.8 Å². The normalized spacial score (nSPS) is 13.8. The number of urea groups is 1. The molecule has 43 heavy (non-hydrogen) atoms. The molecule has 0 spiro atoms. The predicted octanol–water partition coefficient (Wildman–Crippen LogP) is 3.83. The van der Waals surface area contributed by atoms with E-state index in [0.29, 0.717) is 66.6 Å². The SMILES string of the molecule is CNCC(C=N)c1cnc2c(N3CCOCC3)nc(-c3ccc(NC(=O)Nc4ccc(C(=O)N(C)C)cc4)cc3)nc2c1. The van der Waals surface area contributed by atoms with Crippen LogP contribution in [-0.2, 0) is 4.74 Å². The van der Waals surface area contributed by atoms with Gasteiger partial charge in [-0.25, -0.2) is 14.8 Å². The van der Waals surface area contributed by atoms with Crippen LogP contribution in [0, 0.1) is 5.41 Å². The number of rotatable bonds is 9. The third kappa shape index (κ3) is 6.93. The maximum Gasteiger partial charge on any atom is 0.323 e. The number of nitrogens with zero attached hydrogens (tertiary/aromatic N) is 5. The molecule has 1 atom stereocenters. The van der Waals surface area contributed by atoms with Gasteiger partial charge in [-0.2, -0.15) is 0 Å². The minimum absolute atomic E-state index is 0.107. The van der Waals surface area contributed by atoms with Gasteiger partial charge in [-0.3, -0.25) is 9.78 Å². The number of hydrogen-bond acceptors (Lipinski definition) is 9. The highest BCUT2D eigenvalue weighted by Gasteiger charge is 2.20. The molecule has 12 nitrogen and oxygen atoms in total. The van der Waals surface area contributed by atoms with Gasteiger partial charge in [0.25, 0.3) is 5.91 Å². The Morgan fingerprint density at radius 2 is 1.67 bits per heavy atom. The standard InChI is InChI=1S/C31H35N9O3/c1-33-18-23(17-32)22-16-26-27(34-19-22)29(40-12-14-43-15-13-40)38-28(37-26)20-4-8-24(9-5-20)35-31(42)36-25-10-6-21(7-11-25)30(41)39(2)3/h4-11,16-17,19,23,32-33H,12-15,18H2,1-3H3,(H2,35,36,42). The molecule has 0 bridgehead atoms. The molecule has 3 heterocycles. The number of hydrogen-bond donors (Lipinski definition) is 4.